The number of amides is 1. The van der Waals surface area contributed by atoms with Crippen molar-refractivity contribution in [3.05, 3.63) is 65.3 Å². The summed E-state index contributed by atoms with van der Waals surface area (Å²) in [5.74, 6) is 0.418. The first kappa shape index (κ1) is 18.1. The topological polar surface area (TPSA) is 51.2 Å². The molecule has 0 aliphatic rings. The highest BCUT2D eigenvalue weighted by atomic mass is 32.1. The molecule has 0 saturated carbocycles. The number of aryl methyl sites for hydroxylation is 1. The van der Waals surface area contributed by atoms with Gasteiger partial charge in [-0.15, -0.1) is 11.3 Å². The van der Waals surface area contributed by atoms with Crippen molar-refractivity contribution in [2.24, 2.45) is 0 Å². The standard InChI is InChI=1S/C20H19FN2O2S/c1-14-19(15-9-11-16(21)12-10-15)23-20(26-14)22-18(24)8-5-13-25-17-6-3-2-4-7-17/h2-4,6-7,9-12H,5,8,13H2,1H3,(H,22,23,24). The molecule has 1 heterocycles. The number of hydrogen-bond acceptors (Lipinski definition) is 4. The van der Waals surface area contributed by atoms with Gasteiger partial charge in [0.05, 0.1) is 12.3 Å². The third-order valence-corrected chi connectivity index (χ3v) is 4.61. The molecule has 134 valence electrons. The van der Waals surface area contributed by atoms with Crippen LogP contribution in [0.2, 0.25) is 0 Å². The fourth-order valence-corrected chi connectivity index (χ4v) is 3.30. The molecule has 0 fully saturated rings. The summed E-state index contributed by atoms with van der Waals surface area (Å²) in [5, 5.41) is 3.37. The number of halogens is 1. The molecule has 0 saturated heterocycles. The number of benzene rings is 2. The number of hydrogen-bond donors (Lipinski definition) is 1. The molecule has 1 amide bonds. The number of nitrogens with zero attached hydrogens (tertiary/aromatic N) is 1. The van der Waals surface area contributed by atoms with Crippen LogP contribution in [0.15, 0.2) is 54.6 Å². The summed E-state index contributed by atoms with van der Waals surface area (Å²) in [6, 6.07) is 15.7. The van der Waals surface area contributed by atoms with Crippen molar-refractivity contribution in [1.82, 2.24) is 4.98 Å². The average molecular weight is 370 g/mol. The Morgan fingerprint density at radius 2 is 1.88 bits per heavy atom. The average Bonchev–Trinajstić information content (AvgIpc) is 3.00. The lowest BCUT2D eigenvalue weighted by atomic mass is 10.1. The van der Waals surface area contributed by atoms with Crippen LogP contribution < -0.4 is 10.1 Å². The van der Waals surface area contributed by atoms with Crippen LogP contribution >= 0.6 is 11.3 Å². The molecule has 2 aromatic carbocycles. The Morgan fingerprint density at radius 1 is 1.15 bits per heavy atom. The highest BCUT2D eigenvalue weighted by Crippen LogP contribution is 2.30. The number of nitrogens with one attached hydrogen (secondary N) is 1. The third kappa shape index (κ3) is 4.89. The van der Waals surface area contributed by atoms with Crippen molar-refractivity contribution in [3.8, 4) is 17.0 Å². The molecule has 0 radical (unpaired) electrons. The van der Waals surface area contributed by atoms with Crippen LogP contribution in [0.5, 0.6) is 5.75 Å². The lowest BCUT2D eigenvalue weighted by Crippen LogP contribution is -2.12. The highest BCUT2D eigenvalue weighted by molar-refractivity contribution is 7.16. The third-order valence-electron chi connectivity index (χ3n) is 3.72. The molecule has 3 aromatic rings. The quantitative estimate of drug-likeness (QED) is 0.592. The van der Waals surface area contributed by atoms with Crippen LogP contribution in [0.3, 0.4) is 0 Å². The Bertz CT molecular complexity index is 863. The largest absolute Gasteiger partial charge is 0.494 e. The summed E-state index contributed by atoms with van der Waals surface area (Å²) in [4.78, 5) is 17.5. The number of carbonyl (C=O) groups is 1. The van der Waals surface area contributed by atoms with Gasteiger partial charge >= 0.3 is 0 Å². The maximum Gasteiger partial charge on any atom is 0.226 e. The first-order valence-electron chi connectivity index (χ1n) is 8.33. The van der Waals surface area contributed by atoms with E-state index in [2.05, 4.69) is 10.3 Å². The number of carbonyl (C=O) groups excluding carboxylic acids is 1. The van der Waals surface area contributed by atoms with Gasteiger partial charge in [-0.25, -0.2) is 9.37 Å². The molecule has 1 N–H and O–H groups in total. The predicted octanol–water partition coefficient (Wildman–Crippen LogP) is 5.06. The van der Waals surface area contributed by atoms with Gasteiger partial charge in [0.2, 0.25) is 5.91 Å². The lowest BCUT2D eigenvalue weighted by Gasteiger charge is -2.05. The number of ether oxygens (including phenoxy) is 1. The van der Waals surface area contributed by atoms with E-state index in [0.717, 1.165) is 21.9 Å². The van der Waals surface area contributed by atoms with Crippen molar-refractivity contribution >= 4 is 22.4 Å². The van der Waals surface area contributed by atoms with Crippen LogP contribution in [0.1, 0.15) is 17.7 Å². The van der Waals surface area contributed by atoms with E-state index in [1.54, 1.807) is 12.1 Å². The Balaban J connectivity index is 1.50. The van der Waals surface area contributed by atoms with Gasteiger partial charge in [-0.05, 0) is 49.7 Å². The summed E-state index contributed by atoms with van der Waals surface area (Å²) in [7, 11) is 0. The minimum absolute atomic E-state index is 0.0962. The van der Waals surface area contributed by atoms with E-state index in [1.165, 1.54) is 23.5 Å². The Kier molecular flexibility index (Phi) is 5.96. The monoisotopic (exact) mass is 370 g/mol. The first-order chi connectivity index (χ1) is 12.6. The zero-order valence-corrected chi connectivity index (χ0v) is 15.2. The second-order valence-electron chi connectivity index (χ2n) is 5.74. The number of para-hydroxylation sites is 1. The predicted molar refractivity (Wildman–Crippen MR) is 102 cm³/mol. The second-order valence-corrected chi connectivity index (χ2v) is 6.95. The van der Waals surface area contributed by atoms with Gasteiger partial charge in [-0.1, -0.05) is 18.2 Å². The smallest absolute Gasteiger partial charge is 0.226 e. The van der Waals surface area contributed by atoms with Crippen molar-refractivity contribution < 1.29 is 13.9 Å². The molecule has 0 spiro atoms. The second kappa shape index (κ2) is 8.58. The minimum atomic E-state index is -0.284. The van der Waals surface area contributed by atoms with Gasteiger partial charge < -0.3 is 10.1 Å². The fraction of sp³-hybridized carbons (Fsp3) is 0.200. The maximum absolute atomic E-state index is 13.1. The molecular formula is C20H19FN2O2S. The van der Waals surface area contributed by atoms with E-state index in [9.17, 15) is 9.18 Å². The number of thiazole rings is 1. The molecular weight excluding hydrogens is 351 g/mol. The Morgan fingerprint density at radius 3 is 2.62 bits per heavy atom. The zero-order valence-electron chi connectivity index (χ0n) is 14.4. The SMILES string of the molecule is Cc1sc(NC(=O)CCCOc2ccccc2)nc1-c1ccc(F)cc1. The molecule has 0 aliphatic carbocycles. The van der Waals surface area contributed by atoms with E-state index in [4.69, 9.17) is 4.74 Å². The summed E-state index contributed by atoms with van der Waals surface area (Å²) in [5.41, 5.74) is 1.59. The maximum atomic E-state index is 13.1. The zero-order chi connectivity index (χ0) is 18.4. The molecule has 0 bridgehead atoms. The molecule has 1 aromatic heterocycles. The Labute approximate surface area is 155 Å². The summed E-state index contributed by atoms with van der Waals surface area (Å²) in [6.45, 7) is 2.41. The molecule has 0 aliphatic heterocycles. The van der Waals surface area contributed by atoms with E-state index in [-0.39, 0.29) is 11.7 Å². The molecule has 0 unspecified atom stereocenters. The molecule has 3 rings (SSSR count). The van der Waals surface area contributed by atoms with Crippen molar-refractivity contribution in [2.45, 2.75) is 19.8 Å². The van der Waals surface area contributed by atoms with E-state index in [1.807, 2.05) is 37.3 Å². The number of anilines is 1. The lowest BCUT2D eigenvalue weighted by molar-refractivity contribution is -0.116. The number of rotatable bonds is 7. The molecule has 0 atom stereocenters. The van der Waals surface area contributed by atoms with Crippen molar-refractivity contribution in [1.29, 1.82) is 0 Å². The molecule has 6 heteroatoms. The van der Waals surface area contributed by atoms with Gasteiger partial charge in [0.1, 0.15) is 11.6 Å². The van der Waals surface area contributed by atoms with Crippen LogP contribution in [-0.4, -0.2) is 17.5 Å². The van der Waals surface area contributed by atoms with E-state index in [0.29, 0.717) is 24.6 Å². The summed E-state index contributed by atoms with van der Waals surface area (Å²) in [6.07, 6.45) is 0.979. The fourth-order valence-electron chi connectivity index (χ4n) is 2.45. The minimum Gasteiger partial charge on any atom is -0.494 e. The molecule has 26 heavy (non-hydrogen) atoms. The molecule has 4 nitrogen and oxygen atoms in total. The highest BCUT2D eigenvalue weighted by Gasteiger charge is 2.12. The van der Waals surface area contributed by atoms with Crippen LogP contribution in [-0.2, 0) is 4.79 Å². The van der Waals surface area contributed by atoms with Crippen molar-refractivity contribution in [3.63, 3.8) is 0 Å². The van der Waals surface area contributed by atoms with Gasteiger partial charge in [0.25, 0.3) is 0 Å². The van der Waals surface area contributed by atoms with E-state index >= 15 is 0 Å². The summed E-state index contributed by atoms with van der Waals surface area (Å²) < 4.78 is 18.6. The van der Waals surface area contributed by atoms with Gasteiger partial charge in [-0.2, -0.15) is 0 Å². The van der Waals surface area contributed by atoms with Crippen LogP contribution in [0.4, 0.5) is 9.52 Å². The normalized spacial score (nSPS) is 10.5. The van der Waals surface area contributed by atoms with Gasteiger partial charge in [0, 0.05) is 16.9 Å². The number of aromatic nitrogens is 1. The van der Waals surface area contributed by atoms with Crippen LogP contribution in [0.25, 0.3) is 11.3 Å². The Hall–Kier alpha value is -2.73. The summed E-state index contributed by atoms with van der Waals surface area (Å²) >= 11 is 1.41. The van der Waals surface area contributed by atoms with Crippen molar-refractivity contribution in [2.75, 3.05) is 11.9 Å². The van der Waals surface area contributed by atoms with Gasteiger partial charge in [0.15, 0.2) is 5.13 Å². The van der Waals surface area contributed by atoms with E-state index < -0.39 is 0 Å². The van der Waals surface area contributed by atoms with Crippen LogP contribution in [0, 0.1) is 12.7 Å². The first-order valence-corrected chi connectivity index (χ1v) is 9.14. The van der Waals surface area contributed by atoms with Gasteiger partial charge in [-0.3, -0.25) is 4.79 Å².